The molecule has 3 N–H and O–H groups in total. The molecule has 0 aromatic carbocycles. The first-order valence-corrected chi connectivity index (χ1v) is 4.85. The van der Waals surface area contributed by atoms with Crippen molar-refractivity contribution in [3.63, 3.8) is 0 Å². The maximum absolute atomic E-state index is 13.0. The van der Waals surface area contributed by atoms with Gasteiger partial charge in [-0.15, -0.1) is 0 Å². The number of hydrogen-bond acceptors (Lipinski definition) is 2. The van der Waals surface area contributed by atoms with E-state index in [2.05, 4.69) is 5.32 Å². The zero-order chi connectivity index (χ0) is 10.8. The molecule has 82 valence electrons. The molecule has 1 rings (SSSR count). The standard InChI is InChI=1S/C9H16F2N2O/c1-2-13-8(14)6-3-7(12)5-9(10,11)4-6/h6-7H,2-5,12H2,1H3,(H,13,14). The highest BCUT2D eigenvalue weighted by Gasteiger charge is 2.42. The van der Waals surface area contributed by atoms with Gasteiger partial charge in [0.2, 0.25) is 11.8 Å². The number of rotatable bonds is 2. The van der Waals surface area contributed by atoms with Gasteiger partial charge < -0.3 is 11.1 Å². The van der Waals surface area contributed by atoms with E-state index in [1.807, 2.05) is 0 Å². The summed E-state index contributed by atoms with van der Waals surface area (Å²) in [6, 6.07) is -0.564. The Morgan fingerprint density at radius 3 is 2.71 bits per heavy atom. The Kier molecular flexibility index (Phi) is 3.42. The van der Waals surface area contributed by atoms with Crippen molar-refractivity contribution in [2.24, 2.45) is 11.7 Å². The van der Waals surface area contributed by atoms with E-state index in [1.54, 1.807) is 6.92 Å². The molecule has 0 aromatic rings. The molecule has 1 amide bonds. The van der Waals surface area contributed by atoms with E-state index in [1.165, 1.54) is 0 Å². The number of carbonyl (C=O) groups is 1. The third-order valence-electron chi connectivity index (χ3n) is 2.41. The highest BCUT2D eigenvalue weighted by Crippen LogP contribution is 2.36. The molecule has 14 heavy (non-hydrogen) atoms. The minimum Gasteiger partial charge on any atom is -0.356 e. The van der Waals surface area contributed by atoms with Crippen LogP contribution in [0.3, 0.4) is 0 Å². The van der Waals surface area contributed by atoms with Crippen LogP contribution in [0.2, 0.25) is 0 Å². The molecule has 3 nitrogen and oxygen atoms in total. The van der Waals surface area contributed by atoms with Crippen molar-refractivity contribution in [1.82, 2.24) is 5.32 Å². The van der Waals surface area contributed by atoms with Crippen LogP contribution < -0.4 is 11.1 Å². The first-order valence-electron chi connectivity index (χ1n) is 4.85. The fraction of sp³-hybridized carbons (Fsp3) is 0.889. The van der Waals surface area contributed by atoms with Gasteiger partial charge in [0.25, 0.3) is 0 Å². The summed E-state index contributed by atoms with van der Waals surface area (Å²) in [4.78, 5) is 11.3. The summed E-state index contributed by atoms with van der Waals surface area (Å²) in [5, 5.41) is 2.55. The molecular formula is C9H16F2N2O. The lowest BCUT2D eigenvalue weighted by atomic mass is 9.83. The fourth-order valence-corrected chi connectivity index (χ4v) is 1.88. The quantitative estimate of drug-likeness (QED) is 0.704. The molecule has 0 saturated heterocycles. The largest absolute Gasteiger partial charge is 0.356 e. The molecule has 5 heteroatoms. The van der Waals surface area contributed by atoms with Crippen LogP contribution in [0.25, 0.3) is 0 Å². The van der Waals surface area contributed by atoms with Crippen LogP contribution in [-0.4, -0.2) is 24.4 Å². The molecule has 1 aliphatic carbocycles. The molecule has 1 saturated carbocycles. The van der Waals surface area contributed by atoms with Crippen molar-refractivity contribution in [2.75, 3.05) is 6.54 Å². The summed E-state index contributed by atoms with van der Waals surface area (Å²) >= 11 is 0. The van der Waals surface area contributed by atoms with Gasteiger partial charge in [0.1, 0.15) is 0 Å². The first-order chi connectivity index (χ1) is 6.44. The van der Waals surface area contributed by atoms with Crippen LogP contribution >= 0.6 is 0 Å². The van der Waals surface area contributed by atoms with Gasteiger partial charge in [0, 0.05) is 31.3 Å². The average molecular weight is 206 g/mol. The summed E-state index contributed by atoms with van der Waals surface area (Å²) in [7, 11) is 0. The molecule has 0 heterocycles. The van der Waals surface area contributed by atoms with Crippen molar-refractivity contribution in [3.8, 4) is 0 Å². The number of halogens is 2. The van der Waals surface area contributed by atoms with Gasteiger partial charge in [-0.3, -0.25) is 4.79 Å². The molecule has 0 bridgehead atoms. The van der Waals surface area contributed by atoms with Crippen LogP contribution in [0.5, 0.6) is 0 Å². The van der Waals surface area contributed by atoms with Gasteiger partial charge in [-0.2, -0.15) is 0 Å². The zero-order valence-corrected chi connectivity index (χ0v) is 8.22. The highest BCUT2D eigenvalue weighted by molar-refractivity contribution is 5.78. The van der Waals surface area contributed by atoms with Crippen molar-refractivity contribution < 1.29 is 13.6 Å². The highest BCUT2D eigenvalue weighted by atomic mass is 19.3. The van der Waals surface area contributed by atoms with E-state index >= 15 is 0 Å². The van der Waals surface area contributed by atoms with Gasteiger partial charge in [-0.05, 0) is 13.3 Å². The van der Waals surface area contributed by atoms with Gasteiger partial charge in [-0.1, -0.05) is 0 Å². The number of amides is 1. The van der Waals surface area contributed by atoms with Crippen LogP contribution in [0.1, 0.15) is 26.2 Å². The lowest BCUT2D eigenvalue weighted by Gasteiger charge is -2.31. The zero-order valence-electron chi connectivity index (χ0n) is 8.22. The average Bonchev–Trinajstić information content (AvgIpc) is 2.00. The van der Waals surface area contributed by atoms with Crippen molar-refractivity contribution in [1.29, 1.82) is 0 Å². The van der Waals surface area contributed by atoms with Gasteiger partial charge in [0.05, 0.1) is 0 Å². The molecule has 0 radical (unpaired) electrons. The third-order valence-corrected chi connectivity index (χ3v) is 2.41. The summed E-state index contributed by atoms with van der Waals surface area (Å²) in [5.41, 5.74) is 5.47. The summed E-state index contributed by atoms with van der Waals surface area (Å²) in [6.45, 7) is 2.23. The first kappa shape index (κ1) is 11.4. The molecule has 2 unspecified atom stereocenters. The monoisotopic (exact) mass is 206 g/mol. The van der Waals surface area contributed by atoms with Crippen LogP contribution in [0.4, 0.5) is 8.78 Å². The predicted octanol–water partition coefficient (Wildman–Crippen LogP) is 0.885. The SMILES string of the molecule is CCNC(=O)C1CC(N)CC(F)(F)C1. The van der Waals surface area contributed by atoms with Crippen molar-refractivity contribution in [3.05, 3.63) is 0 Å². The van der Waals surface area contributed by atoms with Crippen LogP contribution in [0.15, 0.2) is 0 Å². The van der Waals surface area contributed by atoms with Crippen molar-refractivity contribution >= 4 is 5.91 Å². The second-order valence-electron chi connectivity index (χ2n) is 3.85. The Bertz CT molecular complexity index is 221. The van der Waals surface area contributed by atoms with E-state index in [-0.39, 0.29) is 18.7 Å². The Labute approximate surface area is 82.0 Å². The topological polar surface area (TPSA) is 55.1 Å². The lowest BCUT2D eigenvalue weighted by molar-refractivity contribution is -0.132. The van der Waals surface area contributed by atoms with E-state index in [0.29, 0.717) is 13.0 Å². The van der Waals surface area contributed by atoms with Crippen LogP contribution in [-0.2, 0) is 4.79 Å². The van der Waals surface area contributed by atoms with E-state index in [9.17, 15) is 13.6 Å². The fourth-order valence-electron chi connectivity index (χ4n) is 1.88. The lowest BCUT2D eigenvalue weighted by Crippen LogP contribution is -2.44. The smallest absolute Gasteiger partial charge is 0.250 e. The molecule has 1 aliphatic rings. The normalized spacial score (nSPS) is 31.1. The maximum atomic E-state index is 13.0. The predicted molar refractivity (Wildman–Crippen MR) is 48.9 cm³/mol. The molecule has 0 aliphatic heterocycles. The molecule has 0 spiro atoms. The van der Waals surface area contributed by atoms with E-state index in [4.69, 9.17) is 5.73 Å². The number of carbonyl (C=O) groups excluding carboxylic acids is 1. The summed E-state index contributed by atoms with van der Waals surface area (Å²) in [6.07, 6.45) is -0.309. The number of nitrogens with one attached hydrogen (secondary N) is 1. The van der Waals surface area contributed by atoms with Gasteiger partial charge in [-0.25, -0.2) is 8.78 Å². The van der Waals surface area contributed by atoms with E-state index < -0.39 is 17.9 Å². The van der Waals surface area contributed by atoms with Crippen molar-refractivity contribution in [2.45, 2.75) is 38.2 Å². The molecule has 1 fully saturated rings. The minimum atomic E-state index is -2.78. The van der Waals surface area contributed by atoms with Crippen LogP contribution in [0, 0.1) is 5.92 Å². The molecule has 2 atom stereocenters. The maximum Gasteiger partial charge on any atom is 0.250 e. The summed E-state index contributed by atoms with van der Waals surface area (Å²) < 4.78 is 26.1. The third kappa shape index (κ3) is 2.90. The Hall–Kier alpha value is -0.710. The number of hydrogen-bond donors (Lipinski definition) is 2. The van der Waals surface area contributed by atoms with E-state index in [0.717, 1.165) is 0 Å². The van der Waals surface area contributed by atoms with Gasteiger partial charge in [0.15, 0.2) is 0 Å². The number of nitrogens with two attached hydrogens (primary N) is 1. The second-order valence-corrected chi connectivity index (χ2v) is 3.85. The Morgan fingerprint density at radius 1 is 1.57 bits per heavy atom. The van der Waals surface area contributed by atoms with Gasteiger partial charge >= 0.3 is 0 Å². The second kappa shape index (κ2) is 4.21. The molecular weight excluding hydrogens is 190 g/mol. The Morgan fingerprint density at radius 2 is 2.21 bits per heavy atom. The Balaban J connectivity index is 2.57. The summed E-state index contributed by atoms with van der Waals surface area (Å²) in [5.74, 6) is -3.72. The number of alkyl halides is 2. The minimum absolute atomic E-state index is 0.303. The molecule has 0 aromatic heterocycles.